The third kappa shape index (κ3) is 2.92. The van der Waals surface area contributed by atoms with Crippen molar-refractivity contribution in [1.29, 1.82) is 0 Å². The second-order valence-corrected chi connectivity index (χ2v) is 7.59. The van der Waals surface area contributed by atoms with E-state index in [0.29, 0.717) is 6.54 Å². The van der Waals surface area contributed by atoms with Gasteiger partial charge >= 0.3 is 0 Å². The molecule has 5 nitrogen and oxygen atoms in total. The third-order valence-electron chi connectivity index (χ3n) is 3.37. The fourth-order valence-electron chi connectivity index (χ4n) is 1.88. The monoisotopic (exact) mass is 273 g/mol. The molecule has 1 heterocycles. The molecular formula is C12H23N3O2S. The Morgan fingerprint density at radius 3 is 2.44 bits per heavy atom. The second-order valence-electron chi connectivity index (χ2n) is 5.00. The van der Waals surface area contributed by atoms with E-state index in [9.17, 15) is 8.42 Å². The van der Waals surface area contributed by atoms with Crippen molar-refractivity contribution in [2.24, 2.45) is 0 Å². The number of aromatic nitrogens is 2. The molecule has 1 aromatic rings. The molecule has 0 saturated heterocycles. The van der Waals surface area contributed by atoms with Crippen LogP contribution in [0.25, 0.3) is 0 Å². The Bertz CT molecular complexity index is 491. The van der Waals surface area contributed by atoms with E-state index in [0.717, 1.165) is 12.1 Å². The van der Waals surface area contributed by atoms with Crippen molar-refractivity contribution in [3.63, 3.8) is 0 Å². The van der Waals surface area contributed by atoms with Crippen LogP contribution in [0, 0.1) is 0 Å². The first-order chi connectivity index (χ1) is 8.24. The van der Waals surface area contributed by atoms with Gasteiger partial charge in [-0.2, -0.15) is 5.10 Å². The lowest BCUT2D eigenvalue weighted by Gasteiger charge is -2.32. The van der Waals surface area contributed by atoms with E-state index in [2.05, 4.69) is 10.4 Å². The van der Waals surface area contributed by atoms with Crippen molar-refractivity contribution in [2.75, 3.05) is 12.8 Å². The lowest BCUT2D eigenvalue weighted by molar-refractivity contribution is 0.428. The van der Waals surface area contributed by atoms with Crippen LogP contribution < -0.4 is 5.32 Å². The van der Waals surface area contributed by atoms with Crippen LogP contribution in [0.3, 0.4) is 0 Å². The van der Waals surface area contributed by atoms with Crippen molar-refractivity contribution < 1.29 is 8.42 Å². The number of nitrogens with zero attached hydrogens (tertiary/aromatic N) is 2. The fourth-order valence-corrected chi connectivity index (χ4v) is 2.53. The zero-order valence-electron chi connectivity index (χ0n) is 11.8. The molecule has 0 saturated carbocycles. The molecule has 0 aliphatic rings. The molecule has 0 radical (unpaired) electrons. The van der Waals surface area contributed by atoms with E-state index in [1.807, 2.05) is 20.0 Å². The zero-order valence-corrected chi connectivity index (χ0v) is 12.6. The van der Waals surface area contributed by atoms with Gasteiger partial charge in [0.2, 0.25) is 0 Å². The van der Waals surface area contributed by atoms with Gasteiger partial charge in [0.1, 0.15) is 0 Å². The predicted molar refractivity (Wildman–Crippen MR) is 73.2 cm³/mol. The Kier molecular flexibility index (Phi) is 4.55. The van der Waals surface area contributed by atoms with Crippen molar-refractivity contribution in [3.8, 4) is 0 Å². The smallest absolute Gasteiger partial charge is 0.154 e. The maximum atomic E-state index is 12.0. The van der Waals surface area contributed by atoms with Crippen LogP contribution >= 0.6 is 0 Å². The summed E-state index contributed by atoms with van der Waals surface area (Å²) in [6, 6.07) is -0.252. The summed E-state index contributed by atoms with van der Waals surface area (Å²) >= 11 is 0. The van der Waals surface area contributed by atoms with E-state index in [1.54, 1.807) is 24.7 Å². The first-order valence-electron chi connectivity index (χ1n) is 6.19. The highest BCUT2D eigenvalue weighted by molar-refractivity contribution is 7.92. The van der Waals surface area contributed by atoms with Crippen LogP contribution in [-0.2, 0) is 16.4 Å². The summed E-state index contributed by atoms with van der Waals surface area (Å²) in [5, 5.41) is 7.47. The quantitative estimate of drug-likeness (QED) is 0.850. The van der Waals surface area contributed by atoms with Crippen LogP contribution in [0.4, 0.5) is 0 Å². The number of hydrogen-bond acceptors (Lipinski definition) is 4. The molecule has 1 rings (SSSR count). The molecular weight excluding hydrogens is 250 g/mol. The van der Waals surface area contributed by atoms with Gasteiger partial charge in [-0.15, -0.1) is 0 Å². The molecule has 104 valence electrons. The van der Waals surface area contributed by atoms with E-state index in [4.69, 9.17) is 0 Å². The highest BCUT2D eigenvalue weighted by atomic mass is 32.2. The number of sulfone groups is 1. The minimum atomic E-state index is -3.17. The van der Waals surface area contributed by atoms with E-state index >= 15 is 0 Å². The zero-order chi connectivity index (χ0) is 14.0. The highest BCUT2D eigenvalue weighted by Gasteiger charge is 2.40. The number of aryl methyl sites for hydroxylation is 1. The minimum Gasteiger partial charge on any atom is -0.309 e. The summed E-state index contributed by atoms with van der Waals surface area (Å²) in [6.07, 6.45) is 4.92. The fraction of sp³-hybridized carbons (Fsp3) is 0.750. The van der Waals surface area contributed by atoms with Crippen LogP contribution in [0.15, 0.2) is 12.4 Å². The molecule has 0 aliphatic carbocycles. The van der Waals surface area contributed by atoms with Crippen molar-refractivity contribution in [2.45, 2.75) is 45.0 Å². The maximum Gasteiger partial charge on any atom is 0.154 e. The van der Waals surface area contributed by atoms with Gasteiger partial charge in [-0.3, -0.25) is 4.68 Å². The van der Waals surface area contributed by atoms with E-state index in [-0.39, 0.29) is 6.04 Å². The summed E-state index contributed by atoms with van der Waals surface area (Å²) in [5.41, 5.74) is 0.911. The van der Waals surface area contributed by atoms with Gasteiger partial charge in [-0.25, -0.2) is 8.42 Å². The second kappa shape index (κ2) is 5.40. The average molecular weight is 273 g/mol. The van der Waals surface area contributed by atoms with Gasteiger partial charge in [0, 0.05) is 24.6 Å². The SMILES string of the molecule is CCNC(c1cnn(CC)c1)C(C)(C)S(C)(=O)=O. The Labute approximate surface area is 109 Å². The molecule has 0 bridgehead atoms. The standard InChI is InChI=1S/C12H23N3O2S/c1-6-13-11(12(3,4)18(5,16)17)10-8-14-15(7-2)9-10/h8-9,11,13H,6-7H2,1-5H3. The summed E-state index contributed by atoms with van der Waals surface area (Å²) in [4.78, 5) is 0. The molecule has 0 fully saturated rings. The Morgan fingerprint density at radius 1 is 1.44 bits per heavy atom. The lowest BCUT2D eigenvalue weighted by Crippen LogP contribution is -2.44. The molecule has 0 spiro atoms. The van der Waals surface area contributed by atoms with Crippen LogP contribution in [0.1, 0.15) is 39.3 Å². The summed E-state index contributed by atoms with van der Waals surface area (Å²) < 4.78 is 24.8. The molecule has 0 aliphatic heterocycles. The Balaban J connectivity index is 3.17. The minimum absolute atomic E-state index is 0.252. The van der Waals surface area contributed by atoms with Gasteiger partial charge in [-0.05, 0) is 27.3 Å². The predicted octanol–water partition coefficient (Wildman–Crippen LogP) is 1.38. The molecule has 1 unspecified atom stereocenters. The van der Waals surface area contributed by atoms with Crippen molar-refractivity contribution >= 4 is 9.84 Å². The van der Waals surface area contributed by atoms with Crippen LogP contribution in [0.2, 0.25) is 0 Å². The van der Waals surface area contributed by atoms with E-state index < -0.39 is 14.6 Å². The van der Waals surface area contributed by atoms with Crippen LogP contribution in [0.5, 0.6) is 0 Å². The molecule has 1 N–H and O–H groups in total. The number of nitrogens with one attached hydrogen (secondary N) is 1. The lowest BCUT2D eigenvalue weighted by atomic mass is 9.97. The first-order valence-corrected chi connectivity index (χ1v) is 8.08. The van der Waals surface area contributed by atoms with Gasteiger partial charge in [0.05, 0.1) is 17.0 Å². The van der Waals surface area contributed by atoms with Gasteiger partial charge in [0.25, 0.3) is 0 Å². The Hall–Kier alpha value is -0.880. The normalized spacial score (nSPS) is 14.7. The third-order valence-corrected chi connectivity index (χ3v) is 5.52. The number of hydrogen-bond donors (Lipinski definition) is 1. The van der Waals surface area contributed by atoms with Crippen LogP contribution in [-0.4, -0.2) is 35.7 Å². The van der Waals surface area contributed by atoms with Crippen molar-refractivity contribution in [3.05, 3.63) is 18.0 Å². The molecule has 1 aromatic heterocycles. The summed E-state index contributed by atoms with van der Waals surface area (Å²) in [7, 11) is -3.17. The summed E-state index contributed by atoms with van der Waals surface area (Å²) in [5.74, 6) is 0. The molecule has 18 heavy (non-hydrogen) atoms. The van der Waals surface area contributed by atoms with E-state index in [1.165, 1.54) is 6.26 Å². The van der Waals surface area contributed by atoms with Crippen molar-refractivity contribution in [1.82, 2.24) is 15.1 Å². The largest absolute Gasteiger partial charge is 0.309 e. The molecule has 0 amide bonds. The molecule has 6 heteroatoms. The summed E-state index contributed by atoms with van der Waals surface area (Å²) in [6.45, 7) is 8.95. The average Bonchev–Trinajstić information content (AvgIpc) is 2.72. The maximum absolute atomic E-state index is 12.0. The molecule has 1 atom stereocenters. The highest BCUT2D eigenvalue weighted by Crippen LogP contribution is 2.31. The van der Waals surface area contributed by atoms with Gasteiger partial charge in [-0.1, -0.05) is 6.92 Å². The first kappa shape index (κ1) is 15.2. The molecule has 0 aromatic carbocycles. The van der Waals surface area contributed by atoms with Gasteiger partial charge < -0.3 is 5.32 Å². The topological polar surface area (TPSA) is 64.0 Å². The Morgan fingerprint density at radius 2 is 2.06 bits per heavy atom. The number of rotatable bonds is 6. The van der Waals surface area contributed by atoms with Gasteiger partial charge in [0.15, 0.2) is 9.84 Å².